The van der Waals surface area contributed by atoms with Crippen LogP contribution in [0.5, 0.6) is 0 Å². The van der Waals surface area contributed by atoms with E-state index in [1.165, 1.54) is 0 Å². The third kappa shape index (κ3) is 3.35. The van der Waals surface area contributed by atoms with E-state index < -0.39 is 5.41 Å². The molecule has 0 unspecified atom stereocenters. The van der Waals surface area contributed by atoms with Gasteiger partial charge in [0.05, 0.1) is 0 Å². The van der Waals surface area contributed by atoms with E-state index in [2.05, 4.69) is 10.5 Å². The molecule has 0 atom stereocenters. The molecular weight excluding hydrogens is 232 g/mol. The monoisotopic (exact) mass is 256 g/mol. The van der Waals surface area contributed by atoms with Gasteiger partial charge in [0.15, 0.2) is 5.84 Å². The summed E-state index contributed by atoms with van der Waals surface area (Å²) in [5, 5.41) is 14.8. The van der Waals surface area contributed by atoms with Gasteiger partial charge in [-0.15, -0.1) is 0 Å². The SMILES string of the molecule is CN(C)CCNC(=O)C1(C(N)=NO)CCCCC1. The van der Waals surface area contributed by atoms with Gasteiger partial charge in [-0.05, 0) is 26.9 Å². The summed E-state index contributed by atoms with van der Waals surface area (Å²) < 4.78 is 0. The van der Waals surface area contributed by atoms with Crippen molar-refractivity contribution in [3.05, 3.63) is 0 Å². The summed E-state index contributed by atoms with van der Waals surface area (Å²) in [5.41, 5.74) is 4.94. The van der Waals surface area contributed by atoms with Crippen molar-refractivity contribution in [3.63, 3.8) is 0 Å². The van der Waals surface area contributed by atoms with Crippen molar-refractivity contribution >= 4 is 11.7 Å². The van der Waals surface area contributed by atoms with Gasteiger partial charge in [0.25, 0.3) is 0 Å². The lowest BCUT2D eigenvalue weighted by Crippen LogP contribution is -2.51. The zero-order valence-corrected chi connectivity index (χ0v) is 11.3. The molecule has 0 spiro atoms. The van der Waals surface area contributed by atoms with Gasteiger partial charge >= 0.3 is 0 Å². The molecule has 6 heteroatoms. The number of amidine groups is 1. The quantitative estimate of drug-likeness (QED) is 0.287. The summed E-state index contributed by atoms with van der Waals surface area (Å²) in [4.78, 5) is 14.3. The maximum absolute atomic E-state index is 12.3. The molecule has 4 N–H and O–H groups in total. The minimum Gasteiger partial charge on any atom is -0.409 e. The molecule has 0 radical (unpaired) electrons. The molecule has 0 saturated heterocycles. The second kappa shape index (κ2) is 6.58. The summed E-state index contributed by atoms with van der Waals surface area (Å²) in [6.45, 7) is 1.35. The molecule has 1 fully saturated rings. The Morgan fingerprint density at radius 3 is 2.50 bits per heavy atom. The number of carbonyl (C=O) groups excluding carboxylic acids is 1. The standard InChI is InChI=1S/C12H24N4O2/c1-16(2)9-8-14-11(17)12(10(13)15-18)6-4-3-5-7-12/h18H,3-9H2,1-2H3,(H2,13,15)(H,14,17). The Bertz CT molecular complexity index is 309. The molecule has 104 valence electrons. The number of hydrogen-bond donors (Lipinski definition) is 3. The number of likely N-dealkylation sites (N-methyl/N-ethyl adjacent to an activating group) is 1. The predicted molar refractivity (Wildman–Crippen MR) is 70.5 cm³/mol. The zero-order chi connectivity index (χ0) is 13.6. The number of hydrogen-bond acceptors (Lipinski definition) is 4. The smallest absolute Gasteiger partial charge is 0.233 e. The Kier molecular flexibility index (Phi) is 5.40. The van der Waals surface area contributed by atoms with E-state index in [9.17, 15) is 4.79 Å². The van der Waals surface area contributed by atoms with Crippen molar-refractivity contribution in [2.75, 3.05) is 27.2 Å². The Morgan fingerprint density at radius 1 is 1.39 bits per heavy atom. The number of amides is 1. The van der Waals surface area contributed by atoms with E-state index in [0.717, 1.165) is 25.8 Å². The van der Waals surface area contributed by atoms with Crippen LogP contribution in [0.3, 0.4) is 0 Å². The Morgan fingerprint density at radius 2 is 2.00 bits per heavy atom. The topological polar surface area (TPSA) is 91.0 Å². The fraction of sp³-hybridized carbons (Fsp3) is 0.833. The summed E-state index contributed by atoms with van der Waals surface area (Å²) in [6.07, 6.45) is 4.31. The van der Waals surface area contributed by atoms with E-state index in [4.69, 9.17) is 10.9 Å². The van der Waals surface area contributed by atoms with Gasteiger partial charge in [-0.2, -0.15) is 0 Å². The van der Waals surface area contributed by atoms with Crippen LogP contribution in [0.2, 0.25) is 0 Å². The van der Waals surface area contributed by atoms with Crippen LogP contribution in [0, 0.1) is 5.41 Å². The molecule has 0 aromatic heterocycles. The van der Waals surface area contributed by atoms with Crippen LogP contribution in [0.25, 0.3) is 0 Å². The molecular formula is C12H24N4O2. The lowest BCUT2D eigenvalue weighted by Gasteiger charge is -2.34. The number of nitrogens with zero attached hydrogens (tertiary/aromatic N) is 2. The molecule has 0 aliphatic heterocycles. The maximum atomic E-state index is 12.3. The summed E-state index contributed by atoms with van der Waals surface area (Å²) >= 11 is 0. The van der Waals surface area contributed by atoms with Gasteiger partial charge in [-0.3, -0.25) is 4.79 Å². The lowest BCUT2D eigenvalue weighted by atomic mass is 9.72. The zero-order valence-electron chi connectivity index (χ0n) is 11.3. The van der Waals surface area contributed by atoms with Crippen LogP contribution < -0.4 is 11.1 Å². The highest BCUT2D eigenvalue weighted by atomic mass is 16.4. The third-order valence-electron chi connectivity index (χ3n) is 3.58. The van der Waals surface area contributed by atoms with Gasteiger partial charge in [0.2, 0.25) is 5.91 Å². The molecule has 1 rings (SSSR count). The molecule has 6 nitrogen and oxygen atoms in total. The van der Waals surface area contributed by atoms with E-state index in [1.54, 1.807) is 0 Å². The van der Waals surface area contributed by atoms with Crippen molar-refractivity contribution in [2.24, 2.45) is 16.3 Å². The molecule has 0 aromatic carbocycles. The first-order valence-corrected chi connectivity index (χ1v) is 6.44. The number of carbonyl (C=O) groups is 1. The molecule has 18 heavy (non-hydrogen) atoms. The Labute approximate surface area is 108 Å². The lowest BCUT2D eigenvalue weighted by molar-refractivity contribution is -0.129. The minimum atomic E-state index is -0.806. The molecule has 0 heterocycles. The van der Waals surface area contributed by atoms with E-state index in [0.29, 0.717) is 19.4 Å². The van der Waals surface area contributed by atoms with Crippen molar-refractivity contribution < 1.29 is 10.0 Å². The highest BCUT2D eigenvalue weighted by Gasteiger charge is 2.43. The Balaban J connectivity index is 2.68. The highest BCUT2D eigenvalue weighted by Crippen LogP contribution is 2.36. The van der Waals surface area contributed by atoms with E-state index in [1.807, 2.05) is 19.0 Å². The van der Waals surface area contributed by atoms with Crippen LogP contribution in [-0.4, -0.2) is 49.0 Å². The average Bonchev–Trinajstić information content (AvgIpc) is 2.38. The first-order chi connectivity index (χ1) is 8.53. The number of nitrogens with one attached hydrogen (secondary N) is 1. The van der Waals surface area contributed by atoms with Crippen molar-refractivity contribution in [1.29, 1.82) is 0 Å². The second-order valence-electron chi connectivity index (χ2n) is 5.19. The third-order valence-corrected chi connectivity index (χ3v) is 3.58. The van der Waals surface area contributed by atoms with E-state index >= 15 is 0 Å². The van der Waals surface area contributed by atoms with Crippen molar-refractivity contribution in [1.82, 2.24) is 10.2 Å². The largest absolute Gasteiger partial charge is 0.409 e. The number of rotatable bonds is 5. The second-order valence-corrected chi connectivity index (χ2v) is 5.19. The van der Waals surface area contributed by atoms with Crippen molar-refractivity contribution in [2.45, 2.75) is 32.1 Å². The molecule has 1 amide bonds. The summed E-state index contributed by atoms with van der Waals surface area (Å²) in [7, 11) is 3.90. The van der Waals surface area contributed by atoms with Crippen LogP contribution in [0.15, 0.2) is 5.16 Å². The van der Waals surface area contributed by atoms with Gasteiger partial charge in [-0.1, -0.05) is 24.4 Å². The van der Waals surface area contributed by atoms with Crippen LogP contribution >= 0.6 is 0 Å². The maximum Gasteiger partial charge on any atom is 0.233 e. The van der Waals surface area contributed by atoms with Gasteiger partial charge < -0.3 is 21.2 Å². The summed E-state index contributed by atoms with van der Waals surface area (Å²) in [5.74, 6) is -0.0658. The van der Waals surface area contributed by atoms with Crippen LogP contribution in [0.1, 0.15) is 32.1 Å². The highest BCUT2D eigenvalue weighted by molar-refractivity contribution is 6.06. The van der Waals surface area contributed by atoms with Crippen LogP contribution in [-0.2, 0) is 4.79 Å². The number of nitrogens with two attached hydrogens (primary N) is 1. The van der Waals surface area contributed by atoms with Gasteiger partial charge in [0.1, 0.15) is 5.41 Å². The average molecular weight is 256 g/mol. The predicted octanol–water partition coefficient (Wildman–Crippen LogP) is 0.361. The fourth-order valence-electron chi connectivity index (χ4n) is 2.41. The van der Waals surface area contributed by atoms with Crippen LogP contribution in [0.4, 0.5) is 0 Å². The molecule has 1 aliphatic rings. The minimum absolute atomic E-state index is 0.0459. The first kappa shape index (κ1) is 14.8. The molecule has 0 aromatic rings. The molecule has 0 bridgehead atoms. The molecule has 1 saturated carbocycles. The first-order valence-electron chi connectivity index (χ1n) is 6.44. The molecule has 1 aliphatic carbocycles. The summed E-state index contributed by atoms with van der Waals surface area (Å²) in [6, 6.07) is 0. The van der Waals surface area contributed by atoms with Crippen molar-refractivity contribution in [3.8, 4) is 0 Å². The Hall–Kier alpha value is -1.30. The normalized spacial score (nSPS) is 19.8. The fourth-order valence-corrected chi connectivity index (χ4v) is 2.41. The number of oxime groups is 1. The van der Waals surface area contributed by atoms with Gasteiger partial charge in [0, 0.05) is 13.1 Å². The van der Waals surface area contributed by atoms with Gasteiger partial charge in [-0.25, -0.2) is 0 Å². The van der Waals surface area contributed by atoms with E-state index in [-0.39, 0.29) is 11.7 Å².